The summed E-state index contributed by atoms with van der Waals surface area (Å²) in [5.74, 6) is -0.929. The molecule has 1 aliphatic rings. The minimum Gasteiger partial charge on any atom is -0.478 e. The largest absolute Gasteiger partial charge is 0.478 e. The van der Waals surface area contributed by atoms with Gasteiger partial charge >= 0.3 is 5.97 Å². The molecule has 0 saturated carbocycles. The van der Waals surface area contributed by atoms with Crippen LogP contribution in [0.2, 0.25) is 5.02 Å². The van der Waals surface area contributed by atoms with Crippen LogP contribution < -0.4 is 5.32 Å². The van der Waals surface area contributed by atoms with Gasteiger partial charge in [0.05, 0.1) is 0 Å². The number of ether oxygens (including phenoxy) is 1. The Labute approximate surface area is 189 Å². The fraction of sp³-hybridized carbons (Fsp3) is 0.381. The fourth-order valence-corrected chi connectivity index (χ4v) is 3.62. The molecule has 2 unspecified atom stereocenters. The van der Waals surface area contributed by atoms with Gasteiger partial charge in [0.2, 0.25) is 6.23 Å². The number of piperazine rings is 1. The van der Waals surface area contributed by atoms with Crippen LogP contribution in [0, 0.1) is 0 Å². The van der Waals surface area contributed by atoms with Gasteiger partial charge in [-0.05, 0) is 42.2 Å². The van der Waals surface area contributed by atoms with Crippen molar-refractivity contribution in [3.05, 3.63) is 59.1 Å². The number of rotatable bonds is 7. The SMILES string of the molecule is CCOC(C(=O)O)N1CCNCC1Cc1ccc(-c2ccc(Cl)cc2)cc1.Cl.Cl. The molecule has 0 bridgehead atoms. The van der Waals surface area contributed by atoms with Crippen molar-refractivity contribution in [3.8, 4) is 11.1 Å². The zero-order chi connectivity index (χ0) is 19.2. The van der Waals surface area contributed by atoms with Crippen molar-refractivity contribution < 1.29 is 14.6 Å². The van der Waals surface area contributed by atoms with Gasteiger partial charge in [-0.3, -0.25) is 4.90 Å². The number of carboxylic acid groups (broad SMARTS) is 1. The van der Waals surface area contributed by atoms with Crippen molar-refractivity contribution in [2.75, 3.05) is 26.2 Å². The van der Waals surface area contributed by atoms with Crippen molar-refractivity contribution in [2.45, 2.75) is 25.6 Å². The predicted molar refractivity (Wildman–Crippen MR) is 122 cm³/mol. The molecule has 3 rings (SSSR count). The second-order valence-electron chi connectivity index (χ2n) is 6.65. The van der Waals surface area contributed by atoms with Crippen molar-refractivity contribution in [1.82, 2.24) is 10.2 Å². The molecule has 1 heterocycles. The summed E-state index contributed by atoms with van der Waals surface area (Å²) in [4.78, 5) is 13.6. The highest BCUT2D eigenvalue weighted by Crippen LogP contribution is 2.23. The Bertz CT molecular complexity index is 757. The molecule has 2 atom stereocenters. The minimum absolute atomic E-state index is 0. The average molecular weight is 462 g/mol. The monoisotopic (exact) mass is 460 g/mol. The summed E-state index contributed by atoms with van der Waals surface area (Å²) in [5, 5.41) is 13.6. The molecule has 1 aliphatic heterocycles. The predicted octanol–water partition coefficient (Wildman–Crippen LogP) is 4.11. The molecular formula is C21H27Cl3N2O3. The summed E-state index contributed by atoms with van der Waals surface area (Å²) in [7, 11) is 0. The molecule has 1 fully saturated rings. The minimum atomic E-state index is -0.929. The number of halogens is 3. The van der Waals surface area contributed by atoms with E-state index in [1.807, 2.05) is 36.1 Å². The lowest BCUT2D eigenvalue weighted by molar-refractivity contribution is -0.168. The Morgan fingerprint density at radius 3 is 2.31 bits per heavy atom. The van der Waals surface area contributed by atoms with Crippen LogP contribution in [0.1, 0.15) is 12.5 Å². The quantitative estimate of drug-likeness (QED) is 0.649. The summed E-state index contributed by atoms with van der Waals surface area (Å²) in [6.07, 6.45) is -0.125. The molecule has 0 aromatic heterocycles. The second kappa shape index (κ2) is 12.4. The number of hydrogen-bond donors (Lipinski definition) is 2. The van der Waals surface area contributed by atoms with E-state index in [-0.39, 0.29) is 30.9 Å². The Morgan fingerprint density at radius 2 is 1.76 bits per heavy atom. The molecule has 5 nitrogen and oxygen atoms in total. The van der Waals surface area contributed by atoms with Crippen molar-refractivity contribution in [2.24, 2.45) is 0 Å². The lowest BCUT2D eigenvalue weighted by atomic mass is 9.99. The van der Waals surface area contributed by atoms with Gasteiger partial charge in [-0.2, -0.15) is 0 Å². The zero-order valence-corrected chi connectivity index (χ0v) is 18.6. The average Bonchev–Trinajstić information content (AvgIpc) is 2.68. The Hall–Kier alpha value is -1.34. The highest BCUT2D eigenvalue weighted by Gasteiger charge is 2.33. The van der Waals surface area contributed by atoms with Gasteiger partial charge in [-0.25, -0.2) is 4.79 Å². The molecule has 160 valence electrons. The van der Waals surface area contributed by atoms with E-state index in [0.717, 1.165) is 35.7 Å². The van der Waals surface area contributed by atoms with E-state index in [9.17, 15) is 9.90 Å². The summed E-state index contributed by atoms with van der Waals surface area (Å²) in [6, 6.07) is 16.3. The summed E-state index contributed by atoms with van der Waals surface area (Å²) < 4.78 is 5.49. The van der Waals surface area contributed by atoms with Crippen LogP contribution in [0.5, 0.6) is 0 Å². The Balaban J connectivity index is 0.00000210. The molecule has 2 N–H and O–H groups in total. The smallest absolute Gasteiger partial charge is 0.348 e. The topological polar surface area (TPSA) is 61.8 Å². The molecule has 0 spiro atoms. The number of nitrogens with zero attached hydrogens (tertiary/aromatic N) is 1. The summed E-state index contributed by atoms with van der Waals surface area (Å²) >= 11 is 5.95. The van der Waals surface area contributed by atoms with Crippen molar-refractivity contribution in [1.29, 1.82) is 0 Å². The maximum absolute atomic E-state index is 11.6. The maximum Gasteiger partial charge on any atom is 0.348 e. The summed E-state index contributed by atoms with van der Waals surface area (Å²) in [6.45, 7) is 4.37. The number of carboxylic acids is 1. The molecule has 8 heteroatoms. The van der Waals surface area contributed by atoms with Crippen LogP contribution in [-0.4, -0.2) is 54.5 Å². The van der Waals surface area contributed by atoms with Gasteiger partial charge in [0.15, 0.2) is 0 Å². The molecule has 0 amide bonds. The van der Waals surface area contributed by atoms with E-state index in [1.54, 1.807) is 0 Å². The Kier molecular flexibility index (Phi) is 11.0. The van der Waals surface area contributed by atoms with Gasteiger partial charge in [0.1, 0.15) is 0 Å². The lowest BCUT2D eigenvalue weighted by Crippen LogP contribution is -2.58. The first-order chi connectivity index (χ1) is 13.1. The van der Waals surface area contributed by atoms with E-state index < -0.39 is 12.2 Å². The zero-order valence-electron chi connectivity index (χ0n) is 16.2. The molecule has 2 aromatic rings. The first-order valence-corrected chi connectivity index (χ1v) is 9.62. The number of carbonyl (C=O) groups is 1. The number of nitrogens with one attached hydrogen (secondary N) is 1. The first-order valence-electron chi connectivity index (χ1n) is 9.24. The molecular weight excluding hydrogens is 435 g/mol. The summed E-state index contributed by atoms with van der Waals surface area (Å²) in [5.41, 5.74) is 3.42. The fourth-order valence-electron chi connectivity index (χ4n) is 3.49. The molecule has 1 saturated heterocycles. The van der Waals surface area contributed by atoms with Crippen molar-refractivity contribution in [3.63, 3.8) is 0 Å². The van der Waals surface area contributed by atoms with Gasteiger partial charge in [-0.1, -0.05) is 48.0 Å². The third-order valence-corrected chi connectivity index (χ3v) is 5.09. The third kappa shape index (κ3) is 6.85. The highest BCUT2D eigenvalue weighted by molar-refractivity contribution is 6.30. The van der Waals surface area contributed by atoms with E-state index >= 15 is 0 Å². The number of aliphatic carboxylic acids is 1. The number of benzene rings is 2. The number of hydrogen-bond acceptors (Lipinski definition) is 4. The molecule has 0 aliphatic carbocycles. The van der Waals surface area contributed by atoms with Gasteiger partial charge in [0.25, 0.3) is 0 Å². The maximum atomic E-state index is 11.6. The van der Waals surface area contributed by atoms with Crippen LogP contribution in [0.25, 0.3) is 11.1 Å². The van der Waals surface area contributed by atoms with E-state index in [4.69, 9.17) is 16.3 Å². The van der Waals surface area contributed by atoms with E-state index in [0.29, 0.717) is 13.2 Å². The standard InChI is InChI=1S/C21H25ClN2O3.2ClH/c1-2-27-20(21(25)26)24-12-11-23-14-19(24)13-15-3-5-16(6-4-15)17-7-9-18(22)10-8-17;;/h3-10,19-20,23H,2,11-14H2,1H3,(H,25,26);2*1H. The van der Waals surface area contributed by atoms with Gasteiger partial charge < -0.3 is 15.2 Å². The van der Waals surface area contributed by atoms with E-state index in [1.165, 1.54) is 5.56 Å². The normalized spacial score (nSPS) is 17.7. The second-order valence-corrected chi connectivity index (χ2v) is 7.09. The van der Waals surface area contributed by atoms with Gasteiger partial charge in [0, 0.05) is 37.3 Å². The molecule has 29 heavy (non-hydrogen) atoms. The van der Waals surface area contributed by atoms with Crippen LogP contribution in [0.4, 0.5) is 0 Å². The van der Waals surface area contributed by atoms with Crippen LogP contribution >= 0.6 is 36.4 Å². The molecule has 2 aromatic carbocycles. The third-order valence-electron chi connectivity index (χ3n) is 4.84. The lowest BCUT2D eigenvalue weighted by Gasteiger charge is -2.39. The van der Waals surface area contributed by atoms with E-state index in [2.05, 4.69) is 29.6 Å². The molecule has 0 radical (unpaired) electrons. The van der Waals surface area contributed by atoms with Gasteiger partial charge in [-0.15, -0.1) is 24.8 Å². The first kappa shape index (κ1) is 25.7. The highest BCUT2D eigenvalue weighted by atomic mass is 35.5. The van der Waals surface area contributed by atoms with Crippen LogP contribution in [0.15, 0.2) is 48.5 Å². The van der Waals surface area contributed by atoms with Crippen molar-refractivity contribution >= 4 is 42.4 Å². The van der Waals surface area contributed by atoms with Crippen LogP contribution in [-0.2, 0) is 16.0 Å². The Morgan fingerprint density at radius 1 is 1.17 bits per heavy atom. The van der Waals surface area contributed by atoms with Crippen LogP contribution in [0.3, 0.4) is 0 Å².